The molecule has 0 fully saturated rings. The lowest BCUT2D eigenvalue weighted by atomic mass is 10.2. The van der Waals surface area contributed by atoms with Gasteiger partial charge in [0, 0.05) is 25.5 Å². The largest absolute Gasteiger partial charge is 0.486 e. The number of para-hydroxylation sites is 2. The molecule has 3 rings (SSSR count). The van der Waals surface area contributed by atoms with Crippen molar-refractivity contribution in [1.29, 1.82) is 0 Å². The van der Waals surface area contributed by atoms with Crippen LogP contribution in [-0.2, 0) is 6.42 Å². The van der Waals surface area contributed by atoms with E-state index in [2.05, 4.69) is 39.8 Å². The fourth-order valence-electron chi connectivity index (χ4n) is 2.59. The summed E-state index contributed by atoms with van der Waals surface area (Å²) in [6, 6.07) is 12.0. The predicted molar refractivity (Wildman–Crippen MR) is 114 cm³/mol. The van der Waals surface area contributed by atoms with Gasteiger partial charge in [0.05, 0.1) is 6.54 Å². The lowest BCUT2D eigenvalue weighted by Crippen LogP contribution is -2.46. The zero-order chi connectivity index (χ0) is 16.8. The normalized spacial score (nSPS) is 16.1. The fraction of sp³-hybridized carbons (Fsp3) is 0.389. The van der Waals surface area contributed by atoms with Crippen LogP contribution < -0.4 is 14.8 Å². The van der Waals surface area contributed by atoms with Gasteiger partial charge in [0.15, 0.2) is 17.5 Å². The molecule has 2 aromatic rings. The van der Waals surface area contributed by atoms with Crippen molar-refractivity contribution in [1.82, 2.24) is 10.2 Å². The lowest BCUT2D eigenvalue weighted by molar-refractivity contribution is 0.0932. The van der Waals surface area contributed by atoms with Gasteiger partial charge in [0.1, 0.15) is 12.7 Å². The van der Waals surface area contributed by atoms with Crippen molar-refractivity contribution in [3.8, 4) is 11.5 Å². The smallest absolute Gasteiger partial charge is 0.193 e. The van der Waals surface area contributed by atoms with Crippen molar-refractivity contribution in [3.05, 3.63) is 46.7 Å². The molecule has 7 heteroatoms. The Morgan fingerprint density at radius 1 is 1.28 bits per heavy atom. The third-order valence-corrected chi connectivity index (χ3v) is 4.84. The summed E-state index contributed by atoms with van der Waals surface area (Å²) in [6.07, 6.45) is 0.994. The van der Waals surface area contributed by atoms with E-state index in [4.69, 9.17) is 9.47 Å². The molecule has 1 aromatic carbocycles. The third-order valence-electron chi connectivity index (χ3n) is 3.90. The molecule has 0 radical (unpaired) electrons. The Morgan fingerprint density at radius 3 is 2.80 bits per heavy atom. The molecule has 0 amide bonds. The van der Waals surface area contributed by atoms with Gasteiger partial charge in [0.2, 0.25) is 0 Å². The maximum absolute atomic E-state index is 5.97. The number of hydrogen-bond acceptors (Lipinski definition) is 4. The van der Waals surface area contributed by atoms with Gasteiger partial charge < -0.3 is 19.7 Å². The third kappa shape index (κ3) is 5.50. The molecule has 5 nitrogen and oxygen atoms in total. The molecular formula is C18H24IN3O2S. The molecule has 1 aliphatic rings. The van der Waals surface area contributed by atoms with Crippen LogP contribution in [-0.4, -0.2) is 50.8 Å². The first-order valence-electron chi connectivity index (χ1n) is 8.09. The van der Waals surface area contributed by atoms with Gasteiger partial charge in [-0.2, -0.15) is 0 Å². The van der Waals surface area contributed by atoms with Gasteiger partial charge in [-0.25, -0.2) is 0 Å². The molecule has 1 N–H and O–H groups in total. The average molecular weight is 473 g/mol. The number of nitrogens with one attached hydrogen (secondary N) is 1. The summed E-state index contributed by atoms with van der Waals surface area (Å²) < 4.78 is 11.7. The summed E-state index contributed by atoms with van der Waals surface area (Å²) in [5, 5.41) is 5.49. The summed E-state index contributed by atoms with van der Waals surface area (Å²) in [5.41, 5.74) is 0. The molecule has 0 saturated heterocycles. The Balaban J connectivity index is 0.00000225. The van der Waals surface area contributed by atoms with Gasteiger partial charge in [-0.15, -0.1) is 35.3 Å². The Morgan fingerprint density at radius 2 is 2.08 bits per heavy atom. The number of likely N-dealkylation sites (N-methyl/N-ethyl adjacent to an activating group) is 1. The Kier molecular flexibility index (Phi) is 7.83. The van der Waals surface area contributed by atoms with Crippen LogP contribution in [0.25, 0.3) is 0 Å². The first-order valence-corrected chi connectivity index (χ1v) is 8.97. The van der Waals surface area contributed by atoms with Crippen LogP contribution in [0.2, 0.25) is 0 Å². The molecular weight excluding hydrogens is 449 g/mol. The Hall–Kier alpha value is -1.48. The van der Waals surface area contributed by atoms with E-state index in [0.29, 0.717) is 13.2 Å². The van der Waals surface area contributed by atoms with E-state index in [1.165, 1.54) is 4.88 Å². The van der Waals surface area contributed by atoms with E-state index < -0.39 is 0 Å². The predicted octanol–water partition coefficient (Wildman–Crippen LogP) is 3.26. The minimum Gasteiger partial charge on any atom is -0.486 e. The average Bonchev–Trinajstić information content (AvgIpc) is 3.14. The second kappa shape index (κ2) is 9.86. The molecule has 1 atom stereocenters. The Labute approximate surface area is 170 Å². The highest BCUT2D eigenvalue weighted by molar-refractivity contribution is 14.0. The second-order valence-corrected chi connectivity index (χ2v) is 6.71. The quantitative estimate of drug-likeness (QED) is 0.412. The summed E-state index contributed by atoms with van der Waals surface area (Å²) in [6.45, 7) is 2.12. The minimum absolute atomic E-state index is 0. The highest BCUT2D eigenvalue weighted by atomic mass is 127. The van der Waals surface area contributed by atoms with Crippen LogP contribution in [0.5, 0.6) is 11.5 Å². The number of rotatable bonds is 5. The number of benzene rings is 1. The van der Waals surface area contributed by atoms with Crippen molar-refractivity contribution in [2.45, 2.75) is 12.5 Å². The monoisotopic (exact) mass is 473 g/mol. The van der Waals surface area contributed by atoms with E-state index in [1.54, 1.807) is 18.4 Å². The number of fused-ring (bicyclic) bond motifs is 1. The minimum atomic E-state index is -0.0256. The first kappa shape index (κ1) is 19.8. The number of hydrogen-bond donors (Lipinski definition) is 1. The summed E-state index contributed by atoms with van der Waals surface area (Å²) in [7, 11) is 3.86. The number of thiophene rings is 1. The number of ether oxygens (including phenoxy) is 2. The van der Waals surface area contributed by atoms with Crippen molar-refractivity contribution in [3.63, 3.8) is 0 Å². The lowest BCUT2D eigenvalue weighted by Gasteiger charge is -2.28. The standard InChI is InChI=1S/C18H23N3O2S.HI/c1-19-18(21(2)10-9-15-6-5-11-24-15)20-12-14-13-22-16-7-3-4-8-17(16)23-14;/h3-8,11,14H,9-10,12-13H2,1-2H3,(H,19,20);1H. The van der Waals surface area contributed by atoms with Crippen LogP contribution in [0.3, 0.4) is 0 Å². The van der Waals surface area contributed by atoms with Gasteiger partial charge in [-0.05, 0) is 30.0 Å². The van der Waals surface area contributed by atoms with Gasteiger partial charge in [-0.3, -0.25) is 4.99 Å². The summed E-state index contributed by atoms with van der Waals surface area (Å²) in [4.78, 5) is 7.88. The number of halogens is 1. The van der Waals surface area contributed by atoms with Crippen molar-refractivity contribution >= 4 is 41.3 Å². The maximum atomic E-state index is 5.97. The highest BCUT2D eigenvalue weighted by Crippen LogP contribution is 2.30. The van der Waals surface area contributed by atoms with E-state index >= 15 is 0 Å². The number of aliphatic imine (C=N–C) groups is 1. The van der Waals surface area contributed by atoms with Crippen molar-refractivity contribution < 1.29 is 9.47 Å². The first-order chi connectivity index (χ1) is 11.8. The van der Waals surface area contributed by atoms with E-state index in [-0.39, 0.29) is 30.1 Å². The molecule has 0 saturated carbocycles. The summed E-state index contributed by atoms with van der Waals surface area (Å²) >= 11 is 1.79. The zero-order valence-corrected chi connectivity index (χ0v) is 17.6. The fourth-order valence-corrected chi connectivity index (χ4v) is 3.29. The SMILES string of the molecule is CN=C(NCC1COc2ccccc2O1)N(C)CCc1cccs1.I. The summed E-state index contributed by atoms with van der Waals surface area (Å²) in [5.74, 6) is 2.48. The molecule has 1 aliphatic heterocycles. The van der Waals surface area contributed by atoms with E-state index in [1.807, 2.05) is 24.3 Å². The number of nitrogens with zero attached hydrogens (tertiary/aromatic N) is 2. The molecule has 1 unspecified atom stereocenters. The molecule has 0 bridgehead atoms. The van der Waals surface area contributed by atoms with Crippen LogP contribution >= 0.6 is 35.3 Å². The van der Waals surface area contributed by atoms with E-state index in [9.17, 15) is 0 Å². The van der Waals surface area contributed by atoms with Crippen LogP contribution in [0.15, 0.2) is 46.8 Å². The van der Waals surface area contributed by atoms with Crippen LogP contribution in [0, 0.1) is 0 Å². The van der Waals surface area contributed by atoms with Gasteiger partial charge in [0.25, 0.3) is 0 Å². The zero-order valence-electron chi connectivity index (χ0n) is 14.5. The van der Waals surface area contributed by atoms with Gasteiger partial charge >= 0.3 is 0 Å². The molecule has 136 valence electrons. The van der Waals surface area contributed by atoms with Crippen LogP contribution in [0.1, 0.15) is 4.88 Å². The molecule has 0 spiro atoms. The topological polar surface area (TPSA) is 46.1 Å². The highest BCUT2D eigenvalue weighted by Gasteiger charge is 2.21. The molecule has 25 heavy (non-hydrogen) atoms. The second-order valence-electron chi connectivity index (χ2n) is 5.68. The maximum Gasteiger partial charge on any atom is 0.193 e. The number of guanidine groups is 1. The molecule has 0 aliphatic carbocycles. The molecule has 2 heterocycles. The van der Waals surface area contributed by atoms with E-state index in [0.717, 1.165) is 30.4 Å². The molecule has 1 aromatic heterocycles. The van der Waals surface area contributed by atoms with Crippen molar-refractivity contribution in [2.24, 2.45) is 4.99 Å². The van der Waals surface area contributed by atoms with Crippen LogP contribution in [0.4, 0.5) is 0 Å². The van der Waals surface area contributed by atoms with Crippen molar-refractivity contribution in [2.75, 3.05) is 33.8 Å². The van der Waals surface area contributed by atoms with Gasteiger partial charge in [-0.1, -0.05) is 18.2 Å². The Bertz CT molecular complexity index is 679.